The van der Waals surface area contributed by atoms with E-state index in [0.717, 1.165) is 16.5 Å². The van der Waals surface area contributed by atoms with Gasteiger partial charge >= 0.3 is 5.69 Å². The molecule has 0 fully saturated rings. The lowest BCUT2D eigenvalue weighted by Crippen LogP contribution is -2.11. The molecule has 108 valence electrons. The van der Waals surface area contributed by atoms with Crippen LogP contribution >= 0.6 is 11.8 Å². The van der Waals surface area contributed by atoms with E-state index in [1.54, 1.807) is 11.8 Å². The van der Waals surface area contributed by atoms with Crippen LogP contribution in [0.3, 0.4) is 0 Å². The van der Waals surface area contributed by atoms with Gasteiger partial charge in [-0.2, -0.15) is 4.98 Å². The van der Waals surface area contributed by atoms with Gasteiger partial charge in [0.25, 0.3) is 0 Å². The Kier molecular flexibility index (Phi) is 8.63. The van der Waals surface area contributed by atoms with Crippen LogP contribution in [0.15, 0.2) is 15.9 Å². The molecular formula is C15H26N2OS. The summed E-state index contributed by atoms with van der Waals surface area (Å²) in [6.07, 6.45) is 10.7. The first-order valence-electron chi connectivity index (χ1n) is 7.43. The van der Waals surface area contributed by atoms with Crippen molar-refractivity contribution in [2.75, 3.05) is 5.75 Å². The lowest BCUT2D eigenvalue weighted by Gasteiger charge is -2.02. The van der Waals surface area contributed by atoms with Gasteiger partial charge in [-0.3, -0.25) is 0 Å². The van der Waals surface area contributed by atoms with Crippen molar-refractivity contribution in [1.82, 2.24) is 9.97 Å². The van der Waals surface area contributed by atoms with Gasteiger partial charge in [-0.15, -0.1) is 11.8 Å². The summed E-state index contributed by atoms with van der Waals surface area (Å²) in [7, 11) is 0. The van der Waals surface area contributed by atoms with Crippen LogP contribution in [0, 0.1) is 6.92 Å². The highest BCUT2D eigenvalue weighted by molar-refractivity contribution is 7.99. The molecule has 1 heterocycles. The number of aromatic nitrogens is 2. The fourth-order valence-electron chi connectivity index (χ4n) is 2.04. The number of thioether (sulfide) groups is 1. The summed E-state index contributed by atoms with van der Waals surface area (Å²) in [6.45, 7) is 4.14. The number of aryl methyl sites for hydroxylation is 1. The van der Waals surface area contributed by atoms with Crippen molar-refractivity contribution in [1.29, 1.82) is 0 Å². The van der Waals surface area contributed by atoms with E-state index in [-0.39, 0.29) is 5.69 Å². The largest absolute Gasteiger partial charge is 0.346 e. The predicted molar refractivity (Wildman–Crippen MR) is 82.9 cm³/mol. The summed E-state index contributed by atoms with van der Waals surface area (Å²) < 4.78 is 0. The maximum atomic E-state index is 11.2. The maximum Gasteiger partial charge on any atom is 0.346 e. The molecule has 0 radical (unpaired) electrons. The van der Waals surface area contributed by atoms with Crippen LogP contribution in [-0.2, 0) is 0 Å². The monoisotopic (exact) mass is 282 g/mol. The second-order valence-corrected chi connectivity index (χ2v) is 6.15. The second kappa shape index (κ2) is 10.1. The summed E-state index contributed by atoms with van der Waals surface area (Å²) >= 11 is 1.69. The molecule has 1 aromatic rings. The molecule has 1 N–H and O–H groups in total. The van der Waals surface area contributed by atoms with E-state index < -0.39 is 0 Å². The van der Waals surface area contributed by atoms with Crippen LogP contribution in [0.25, 0.3) is 0 Å². The van der Waals surface area contributed by atoms with Crippen molar-refractivity contribution < 1.29 is 0 Å². The minimum Gasteiger partial charge on any atom is -0.310 e. The molecule has 0 saturated heterocycles. The first kappa shape index (κ1) is 16.3. The summed E-state index contributed by atoms with van der Waals surface area (Å²) in [4.78, 5) is 17.8. The molecule has 0 spiro atoms. The third-order valence-electron chi connectivity index (χ3n) is 3.10. The Hall–Kier alpha value is -0.770. The van der Waals surface area contributed by atoms with E-state index in [4.69, 9.17) is 0 Å². The van der Waals surface area contributed by atoms with Gasteiger partial charge < -0.3 is 4.98 Å². The molecule has 0 saturated carbocycles. The molecule has 0 aliphatic heterocycles. The van der Waals surface area contributed by atoms with Crippen LogP contribution in [0.1, 0.15) is 64.0 Å². The van der Waals surface area contributed by atoms with Gasteiger partial charge in [0.15, 0.2) is 0 Å². The summed E-state index contributed by atoms with van der Waals surface area (Å²) in [5, 5.41) is 0.851. The van der Waals surface area contributed by atoms with E-state index >= 15 is 0 Å². The normalized spacial score (nSPS) is 10.8. The topological polar surface area (TPSA) is 45.8 Å². The predicted octanol–water partition coefficient (Wildman–Crippen LogP) is 4.31. The van der Waals surface area contributed by atoms with Gasteiger partial charge in [0.05, 0.1) is 0 Å². The quantitative estimate of drug-likeness (QED) is 0.395. The molecule has 0 bridgehead atoms. The first-order valence-corrected chi connectivity index (χ1v) is 8.41. The minimum absolute atomic E-state index is 0.238. The molecule has 0 aliphatic rings. The van der Waals surface area contributed by atoms with Gasteiger partial charge in [0.2, 0.25) is 0 Å². The molecule has 3 nitrogen and oxygen atoms in total. The van der Waals surface area contributed by atoms with Gasteiger partial charge in [0, 0.05) is 5.69 Å². The molecule has 0 aliphatic carbocycles. The number of aromatic amines is 1. The third kappa shape index (κ3) is 8.09. The Morgan fingerprint density at radius 2 is 1.74 bits per heavy atom. The Labute approximate surface area is 120 Å². The van der Waals surface area contributed by atoms with Crippen molar-refractivity contribution in [2.24, 2.45) is 0 Å². The van der Waals surface area contributed by atoms with Gasteiger partial charge in [-0.05, 0) is 25.2 Å². The molecule has 0 amide bonds. The molecule has 1 aromatic heterocycles. The second-order valence-electron chi connectivity index (χ2n) is 5.03. The van der Waals surface area contributed by atoms with Crippen LogP contribution in [0.4, 0.5) is 0 Å². The Bertz CT molecular complexity index is 403. The number of hydrogen-bond acceptors (Lipinski definition) is 3. The summed E-state index contributed by atoms with van der Waals surface area (Å²) in [5.74, 6) is 1.06. The van der Waals surface area contributed by atoms with Crippen molar-refractivity contribution in [2.45, 2.75) is 70.2 Å². The van der Waals surface area contributed by atoms with E-state index in [0.29, 0.717) is 0 Å². The zero-order valence-corrected chi connectivity index (χ0v) is 13.0. The number of hydrogen-bond donors (Lipinski definition) is 1. The number of H-pyrrole nitrogens is 1. The first-order chi connectivity index (χ1) is 9.22. The van der Waals surface area contributed by atoms with Crippen LogP contribution in [0.2, 0.25) is 0 Å². The Morgan fingerprint density at radius 1 is 1.11 bits per heavy atom. The zero-order valence-electron chi connectivity index (χ0n) is 12.2. The van der Waals surface area contributed by atoms with Crippen molar-refractivity contribution >= 4 is 11.8 Å². The summed E-state index contributed by atoms with van der Waals surface area (Å²) in [5.41, 5.74) is 0.650. The Balaban J connectivity index is 2.03. The molecular weight excluding hydrogens is 256 g/mol. The SMILES string of the molecule is CCCCCCCCCCSc1cc(C)[nH]c(=O)n1. The fraction of sp³-hybridized carbons (Fsp3) is 0.733. The Morgan fingerprint density at radius 3 is 2.37 bits per heavy atom. The smallest absolute Gasteiger partial charge is 0.310 e. The average molecular weight is 282 g/mol. The lowest BCUT2D eigenvalue weighted by molar-refractivity contribution is 0.586. The standard InChI is InChI=1S/C15H26N2OS/c1-3-4-5-6-7-8-9-10-11-19-14-12-13(2)16-15(18)17-14/h12H,3-11H2,1-2H3,(H,16,17,18). The van der Waals surface area contributed by atoms with Gasteiger partial charge in [-0.25, -0.2) is 4.79 Å². The van der Waals surface area contributed by atoms with E-state index in [9.17, 15) is 4.79 Å². The molecule has 0 aromatic carbocycles. The van der Waals surface area contributed by atoms with Gasteiger partial charge in [0.1, 0.15) is 5.03 Å². The molecule has 4 heteroatoms. The maximum absolute atomic E-state index is 11.2. The van der Waals surface area contributed by atoms with E-state index in [2.05, 4.69) is 16.9 Å². The van der Waals surface area contributed by atoms with Crippen LogP contribution < -0.4 is 5.69 Å². The van der Waals surface area contributed by atoms with E-state index in [1.807, 2.05) is 13.0 Å². The van der Waals surface area contributed by atoms with Crippen molar-refractivity contribution in [3.63, 3.8) is 0 Å². The van der Waals surface area contributed by atoms with E-state index in [1.165, 1.54) is 51.4 Å². The number of rotatable bonds is 10. The molecule has 0 unspecified atom stereocenters. The zero-order chi connectivity index (χ0) is 13.9. The van der Waals surface area contributed by atoms with Crippen molar-refractivity contribution in [3.05, 3.63) is 22.2 Å². The molecule has 19 heavy (non-hydrogen) atoms. The van der Waals surface area contributed by atoms with Crippen LogP contribution in [0.5, 0.6) is 0 Å². The number of unbranched alkanes of at least 4 members (excludes halogenated alkanes) is 7. The lowest BCUT2D eigenvalue weighted by atomic mass is 10.1. The van der Waals surface area contributed by atoms with Crippen LogP contribution in [-0.4, -0.2) is 15.7 Å². The highest BCUT2D eigenvalue weighted by atomic mass is 32.2. The number of nitrogens with zero attached hydrogens (tertiary/aromatic N) is 1. The summed E-state index contributed by atoms with van der Waals surface area (Å²) in [6, 6.07) is 1.94. The third-order valence-corrected chi connectivity index (χ3v) is 4.10. The highest BCUT2D eigenvalue weighted by Gasteiger charge is 1.99. The van der Waals surface area contributed by atoms with Gasteiger partial charge in [-0.1, -0.05) is 51.9 Å². The van der Waals surface area contributed by atoms with Crippen molar-refractivity contribution in [3.8, 4) is 0 Å². The average Bonchev–Trinajstić information content (AvgIpc) is 2.36. The molecule has 1 rings (SSSR count). The highest BCUT2D eigenvalue weighted by Crippen LogP contribution is 2.17. The number of nitrogens with one attached hydrogen (secondary N) is 1. The molecule has 0 atom stereocenters. The fourth-order valence-corrected chi connectivity index (χ4v) is 3.00. The minimum atomic E-state index is -0.238.